The molecule has 6 heteroatoms. The van der Waals surface area contributed by atoms with Crippen LogP contribution in [-0.4, -0.2) is 10.3 Å². The summed E-state index contributed by atoms with van der Waals surface area (Å²) in [7, 11) is 0. The Hall–Kier alpha value is -2.21. The van der Waals surface area contributed by atoms with Gasteiger partial charge in [-0.05, 0) is 25.1 Å². The number of aromatic nitrogens is 1. The first-order valence-corrected chi connectivity index (χ1v) is 6.10. The Balaban J connectivity index is 2.09. The van der Waals surface area contributed by atoms with Crippen molar-refractivity contribution in [2.45, 2.75) is 6.92 Å². The largest absolute Gasteiger partial charge is 0.507 e. The number of azo groups is 1. The molecule has 5 nitrogen and oxygen atoms in total. The molecule has 0 amide bonds. The molecule has 0 aliphatic carbocycles. The topological polar surface area (TPSA) is 71.0 Å². The van der Waals surface area contributed by atoms with Crippen LogP contribution in [0.3, 0.4) is 0 Å². The molecular formula is C12H9N3O2S. The van der Waals surface area contributed by atoms with Crippen molar-refractivity contribution in [3.8, 4) is 5.75 Å². The minimum Gasteiger partial charge on any atom is -0.507 e. The first kappa shape index (κ1) is 10.9. The van der Waals surface area contributed by atoms with Crippen LogP contribution in [-0.2, 0) is 0 Å². The van der Waals surface area contributed by atoms with Crippen LogP contribution in [0, 0.1) is 6.92 Å². The smallest absolute Gasteiger partial charge is 0.269 e. The van der Waals surface area contributed by atoms with Crippen molar-refractivity contribution in [1.82, 2.24) is 5.16 Å². The zero-order valence-electron chi connectivity index (χ0n) is 9.49. The SMILES string of the molecule is Cc1cc2c(O)ccc(N=Nc3ccno3)c2s1. The van der Waals surface area contributed by atoms with Gasteiger partial charge in [-0.1, -0.05) is 5.16 Å². The summed E-state index contributed by atoms with van der Waals surface area (Å²) in [6.45, 7) is 1.99. The number of nitrogens with zero attached hydrogens (tertiary/aromatic N) is 3. The number of rotatable bonds is 2. The summed E-state index contributed by atoms with van der Waals surface area (Å²) in [5, 5.41) is 22.2. The van der Waals surface area contributed by atoms with Gasteiger partial charge in [0.05, 0.1) is 10.9 Å². The van der Waals surface area contributed by atoms with E-state index in [9.17, 15) is 5.11 Å². The van der Waals surface area contributed by atoms with E-state index in [4.69, 9.17) is 4.52 Å². The van der Waals surface area contributed by atoms with Gasteiger partial charge < -0.3 is 9.63 Å². The van der Waals surface area contributed by atoms with Crippen LogP contribution >= 0.6 is 11.3 Å². The molecule has 3 rings (SSSR count). The highest BCUT2D eigenvalue weighted by molar-refractivity contribution is 7.19. The van der Waals surface area contributed by atoms with Gasteiger partial charge in [0, 0.05) is 16.3 Å². The summed E-state index contributed by atoms with van der Waals surface area (Å²) in [6, 6.07) is 6.90. The summed E-state index contributed by atoms with van der Waals surface area (Å²) in [5.74, 6) is 0.609. The highest BCUT2D eigenvalue weighted by atomic mass is 32.1. The maximum atomic E-state index is 9.77. The van der Waals surface area contributed by atoms with E-state index in [0.717, 1.165) is 15.0 Å². The fraction of sp³-hybridized carbons (Fsp3) is 0.0833. The molecule has 1 N–H and O–H groups in total. The summed E-state index contributed by atoms with van der Waals surface area (Å²) in [6.07, 6.45) is 1.51. The number of hydrogen-bond donors (Lipinski definition) is 1. The Bertz CT molecular complexity index is 716. The zero-order chi connectivity index (χ0) is 12.5. The Kier molecular flexibility index (Phi) is 2.56. The average Bonchev–Trinajstić information content (AvgIpc) is 2.97. The van der Waals surface area contributed by atoms with Gasteiger partial charge in [-0.15, -0.1) is 21.6 Å². The Morgan fingerprint density at radius 3 is 2.94 bits per heavy atom. The van der Waals surface area contributed by atoms with Crippen molar-refractivity contribution in [1.29, 1.82) is 0 Å². The second-order valence-corrected chi connectivity index (χ2v) is 5.01. The van der Waals surface area contributed by atoms with E-state index in [1.54, 1.807) is 29.5 Å². The van der Waals surface area contributed by atoms with Gasteiger partial charge in [-0.25, -0.2) is 0 Å². The molecule has 0 fully saturated rings. The minimum absolute atomic E-state index is 0.257. The molecule has 3 aromatic rings. The zero-order valence-corrected chi connectivity index (χ0v) is 10.3. The third-order valence-electron chi connectivity index (χ3n) is 2.44. The first-order valence-electron chi connectivity index (χ1n) is 5.28. The quantitative estimate of drug-likeness (QED) is 0.696. The van der Waals surface area contributed by atoms with Crippen LogP contribution in [0.15, 0.2) is 45.2 Å². The van der Waals surface area contributed by atoms with Gasteiger partial charge in [-0.3, -0.25) is 0 Å². The lowest BCUT2D eigenvalue weighted by Gasteiger charge is -1.97. The molecule has 1 aromatic carbocycles. The lowest BCUT2D eigenvalue weighted by molar-refractivity contribution is 0.427. The van der Waals surface area contributed by atoms with Crippen LogP contribution in [0.25, 0.3) is 10.1 Å². The molecule has 0 bridgehead atoms. The number of phenolic OH excluding ortho intramolecular Hbond substituents is 1. The molecule has 2 aromatic heterocycles. The van der Waals surface area contributed by atoms with Crippen LogP contribution < -0.4 is 0 Å². The molecule has 2 heterocycles. The fourth-order valence-corrected chi connectivity index (χ4v) is 2.65. The van der Waals surface area contributed by atoms with Gasteiger partial charge in [0.15, 0.2) is 0 Å². The summed E-state index contributed by atoms with van der Waals surface area (Å²) in [4.78, 5) is 1.11. The molecule has 90 valence electrons. The van der Waals surface area contributed by atoms with E-state index in [1.807, 2.05) is 13.0 Å². The predicted octanol–water partition coefficient (Wildman–Crippen LogP) is 4.32. The lowest BCUT2D eigenvalue weighted by Crippen LogP contribution is -1.68. The summed E-state index contributed by atoms with van der Waals surface area (Å²) < 4.78 is 5.75. The van der Waals surface area contributed by atoms with E-state index < -0.39 is 0 Å². The predicted molar refractivity (Wildman–Crippen MR) is 68.9 cm³/mol. The van der Waals surface area contributed by atoms with Crippen molar-refractivity contribution in [3.05, 3.63) is 35.3 Å². The van der Waals surface area contributed by atoms with Gasteiger partial charge in [-0.2, -0.15) is 0 Å². The van der Waals surface area contributed by atoms with Gasteiger partial charge >= 0.3 is 0 Å². The number of thiophene rings is 1. The highest BCUT2D eigenvalue weighted by Crippen LogP contribution is 2.39. The number of phenols is 1. The second-order valence-electron chi connectivity index (χ2n) is 3.75. The van der Waals surface area contributed by atoms with Gasteiger partial charge in [0.2, 0.25) is 0 Å². The number of fused-ring (bicyclic) bond motifs is 1. The molecule has 0 atom stereocenters. The standard InChI is InChI=1S/C12H9N3O2S/c1-7-6-8-10(16)3-2-9(12(8)18-7)14-15-11-4-5-13-17-11/h2-6,16H,1H3. The number of aryl methyl sites for hydroxylation is 1. The van der Waals surface area contributed by atoms with Gasteiger partial charge in [0.25, 0.3) is 5.88 Å². The Morgan fingerprint density at radius 2 is 2.17 bits per heavy atom. The highest BCUT2D eigenvalue weighted by Gasteiger charge is 2.08. The summed E-state index contributed by atoms with van der Waals surface area (Å²) in [5.41, 5.74) is 0.706. The Labute approximate surface area is 106 Å². The lowest BCUT2D eigenvalue weighted by atomic mass is 10.2. The van der Waals surface area contributed by atoms with E-state index in [-0.39, 0.29) is 5.75 Å². The third kappa shape index (κ3) is 1.86. The monoisotopic (exact) mass is 259 g/mol. The number of aromatic hydroxyl groups is 1. The second kappa shape index (κ2) is 4.23. The van der Waals surface area contributed by atoms with Crippen LogP contribution in [0.4, 0.5) is 11.6 Å². The van der Waals surface area contributed by atoms with Crippen LogP contribution in [0.1, 0.15) is 4.88 Å². The first-order chi connectivity index (χ1) is 8.74. The normalized spacial score (nSPS) is 11.6. The Morgan fingerprint density at radius 1 is 1.28 bits per heavy atom. The van der Waals surface area contributed by atoms with Crippen molar-refractivity contribution in [3.63, 3.8) is 0 Å². The van der Waals surface area contributed by atoms with Crippen LogP contribution in [0.2, 0.25) is 0 Å². The van der Waals surface area contributed by atoms with E-state index >= 15 is 0 Å². The van der Waals surface area contributed by atoms with E-state index in [0.29, 0.717) is 11.6 Å². The number of hydrogen-bond acceptors (Lipinski definition) is 6. The molecule has 0 radical (unpaired) electrons. The average molecular weight is 259 g/mol. The van der Waals surface area contributed by atoms with Crippen molar-refractivity contribution >= 4 is 33.0 Å². The van der Waals surface area contributed by atoms with E-state index in [2.05, 4.69) is 15.4 Å². The summed E-state index contributed by atoms with van der Waals surface area (Å²) >= 11 is 1.57. The fourth-order valence-electron chi connectivity index (χ4n) is 1.66. The minimum atomic E-state index is 0.257. The maximum absolute atomic E-state index is 9.77. The third-order valence-corrected chi connectivity index (χ3v) is 3.52. The molecule has 0 aliphatic heterocycles. The molecule has 0 unspecified atom stereocenters. The van der Waals surface area contributed by atoms with Crippen molar-refractivity contribution in [2.24, 2.45) is 10.2 Å². The van der Waals surface area contributed by atoms with Gasteiger partial charge in [0.1, 0.15) is 11.4 Å². The molecule has 0 spiro atoms. The number of benzene rings is 1. The molecule has 0 saturated heterocycles. The maximum Gasteiger partial charge on any atom is 0.269 e. The molecule has 0 saturated carbocycles. The molecular weight excluding hydrogens is 250 g/mol. The van der Waals surface area contributed by atoms with Crippen molar-refractivity contribution < 1.29 is 9.63 Å². The molecule has 0 aliphatic rings. The molecule has 18 heavy (non-hydrogen) atoms. The van der Waals surface area contributed by atoms with Crippen molar-refractivity contribution in [2.75, 3.05) is 0 Å². The van der Waals surface area contributed by atoms with Crippen LogP contribution in [0.5, 0.6) is 5.75 Å². The van der Waals surface area contributed by atoms with E-state index in [1.165, 1.54) is 6.20 Å².